The van der Waals surface area contributed by atoms with Crippen LogP contribution in [0.1, 0.15) is 55.8 Å². The number of halogens is 2. The molecule has 1 aliphatic rings. The maximum Gasteiger partial charge on any atom is 0.233 e. The van der Waals surface area contributed by atoms with Gasteiger partial charge in [-0.2, -0.15) is 5.26 Å². The SMILES string of the molecule is CC1CCC(Cn2c(C(O)c3ccccc3F)cc3nc(C#N)nc(-c4cncc(Cl)c4)c32)CC1. The van der Waals surface area contributed by atoms with Crippen LogP contribution in [-0.2, 0) is 6.54 Å². The fourth-order valence-corrected chi connectivity index (χ4v) is 5.20. The van der Waals surface area contributed by atoms with Gasteiger partial charge in [-0.05, 0) is 42.9 Å². The Kier molecular flexibility index (Phi) is 6.50. The predicted octanol–water partition coefficient (Wildman–Crippen LogP) is 6.07. The average molecular weight is 490 g/mol. The Morgan fingerprint density at radius 2 is 1.94 bits per heavy atom. The van der Waals surface area contributed by atoms with E-state index in [0.29, 0.717) is 51.4 Å². The molecule has 1 aromatic carbocycles. The summed E-state index contributed by atoms with van der Waals surface area (Å²) in [6.07, 6.45) is 6.40. The number of aliphatic hydroxyl groups excluding tert-OH is 1. The first kappa shape index (κ1) is 23.4. The molecule has 0 saturated heterocycles. The summed E-state index contributed by atoms with van der Waals surface area (Å²) < 4.78 is 16.7. The molecule has 1 saturated carbocycles. The summed E-state index contributed by atoms with van der Waals surface area (Å²) in [7, 11) is 0. The zero-order valence-electron chi connectivity index (χ0n) is 19.3. The number of aromatic nitrogens is 4. The number of aliphatic hydroxyl groups is 1. The summed E-state index contributed by atoms with van der Waals surface area (Å²) >= 11 is 6.22. The van der Waals surface area contributed by atoms with Crippen molar-refractivity contribution >= 4 is 22.6 Å². The van der Waals surface area contributed by atoms with Gasteiger partial charge in [0, 0.05) is 30.1 Å². The van der Waals surface area contributed by atoms with Crippen LogP contribution >= 0.6 is 11.6 Å². The van der Waals surface area contributed by atoms with Crippen molar-refractivity contribution in [3.8, 4) is 17.3 Å². The highest BCUT2D eigenvalue weighted by Gasteiger charge is 2.27. The second kappa shape index (κ2) is 9.73. The van der Waals surface area contributed by atoms with Crippen LogP contribution in [0.4, 0.5) is 4.39 Å². The third-order valence-corrected chi connectivity index (χ3v) is 7.12. The predicted molar refractivity (Wildman–Crippen MR) is 132 cm³/mol. The van der Waals surface area contributed by atoms with Crippen molar-refractivity contribution in [3.63, 3.8) is 0 Å². The average Bonchev–Trinajstić information content (AvgIpc) is 3.22. The molecule has 3 aromatic heterocycles. The molecular weight excluding hydrogens is 465 g/mol. The Bertz CT molecular complexity index is 1420. The van der Waals surface area contributed by atoms with Gasteiger partial charge < -0.3 is 9.67 Å². The number of fused-ring (bicyclic) bond motifs is 1. The first-order chi connectivity index (χ1) is 16.9. The Labute approximate surface area is 208 Å². The van der Waals surface area contributed by atoms with Gasteiger partial charge in [0.25, 0.3) is 0 Å². The number of benzene rings is 1. The Balaban J connectivity index is 1.73. The minimum absolute atomic E-state index is 0.00282. The fraction of sp³-hybridized carbons (Fsp3) is 0.333. The third-order valence-electron chi connectivity index (χ3n) is 6.91. The van der Waals surface area contributed by atoms with Crippen LogP contribution in [0, 0.1) is 29.0 Å². The van der Waals surface area contributed by atoms with Crippen molar-refractivity contribution in [1.29, 1.82) is 5.26 Å². The number of hydrogen-bond acceptors (Lipinski definition) is 5. The van der Waals surface area contributed by atoms with Gasteiger partial charge in [0.15, 0.2) is 0 Å². The molecule has 1 fully saturated rings. The molecule has 1 atom stereocenters. The van der Waals surface area contributed by atoms with Gasteiger partial charge in [-0.3, -0.25) is 4.98 Å². The highest BCUT2D eigenvalue weighted by atomic mass is 35.5. The molecule has 1 unspecified atom stereocenters. The van der Waals surface area contributed by atoms with Crippen molar-refractivity contribution in [2.45, 2.75) is 45.3 Å². The van der Waals surface area contributed by atoms with Gasteiger partial charge in [0.05, 0.1) is 21.7 Å². The molecule has 0 bridgehead atoms. The molecule has 0 amide bonds. The first-order valence-corrected chi connectivity index (χ1v) is 12.2. The minimum atomic E-state index is -1.20. The molecule has 0 spiro atoms. The minimum Gasteiger partial charge on any atom is -0.382 e. The quantitative estimate of drug-likeness (QED) is 0.368. The Morgan fingerprint density at radius 3 is 2.66 bits per heavy atom. The van der Waals surface area contributed by atoms with Crippen molar-refractivity contribution < 1.29 is 9.50 Å². The van der Waals surface area contributed by atoms with E-state index in [9.17, 15) is 14.8 Å². The van der Waals surface area contributed by atoms with E-state index in [1.165, 1.54) is 12.3 Å². The van der Waals surface area contributed by atoms with Crippen molar-refractivity contribution in [2.24, 2.45) is 11.8 Å². The number of nitrogens with zero attached hydrogens (tertiary/aromatic N) is 5. The number of pyridine rings is 1. The van der Waals surface area contributed by atoms with E-state index in [4.69, 9.17) is 11.6 Å². The van der Waals surface area contributed by atoms with Gasteiger partial charge in [0.1, 0.15) is 23.7 Å². The summed E-state index contributed by atoms with van der Waals surface area (Å²) in [5.41, 5.74) is 3.05. The molecule has 0 radical (unpaired) electrons. The smallest absolute Gasteiger partial charge is 0.233 e. The van der Waals surface area contributed by atoms with Crippen LogP contribution in [0.15, 0.2) is 48.8 Å². The highest BCUT2D eigenvalue weighted by molar-refractivity contribution is 6.30. The van der Waals surface area contributed by atoms with E-state index in [-0.39, 0.29) is 11.4 Å². The maximum atomic E-state index is 14.7. The largest absolute Gasteiger partial charge is 0.382 e. The standard InChI is InChI=1S/C27H25ClFN5O/c1-16-6-8-17(9-7-16)15-34-23(27(35)20-4-2-3-5-21(20)29)11-22-26(34)25(33-24(12-30)32-22)18-10-19(28)14-31-13-18/h2-5,10-11,13-14,16-17,27,35H,6-9,15H2,1H3. The van der Waals surface area contributed by atoms with Crippen molar-refractivity contribution in [2.75, 3.05) is 0 Å². The zero-order chi connectivity index (χ0) is 24.5. The molecule has 3 heterocycles. The number of rotatable bonds is 5. The van der Waals surface area contributed by atoms with Crippen LogP contribution in [-0.4, -0.2) is 24.6 Å². The Hall–Kier alpha value is -3.34. The lowest BCUT2D eigenvalue weighted by atomic mass is 9.83. The molecule has 1 N–H and O–H groups in total. The molecule has 8 heteroatoms. The lowest BCUT2D eigenvalue weighted by Crippen LogP contribution is -2.20. The van der Waals surface area contributed by atoms with E-state index in [1.807, 2.05) is 10.6 Å². The summed E-state index contributed by atoms with van der Waals surface area (Å²) in [6, 6.07) is 11.7. The number of nitriles is 1. The molecular formula is C27H25ClFN5O. The topological polar surface area (TPSA) is 87.6 Å². The third kappa shape index (κ3) is 4.64. The van der Waals surface area contributed by atoms with Crippen molar-refractivity contribution in [1.82, 2.24) is 19.5 Å². The molecule has 5 rings (SSSR count). The molecule has 1 aliphatic carbocycles. The lowest BCUT2D eigenvalue weighted by Gasteiger charge is -2.28. The van der Waals surface area contributed by atoms with Gasteiger partial charge in [0.2, 0.25) is 5.82 Å². The summed E-state index contributed by atoms with van der Waals surface area (Å²) in [5, 5.41) is 21.4. The second-order valence-electron chi connectivity index (χ2n) is 9.36. The zero-order valence-corrected chi connectivity index (χ0v) is 20.1. The van der Waals surface area contributed by atoms with E-state index in [0.717, 1.165) is 25.7 Å². The molecule has 0 aliphatic heterocycles. The first-order valence-electron chi connectivity index (χ1n) is 11.8. The van der Waals surface area contributed by atoms with Gasteiger partial charge >= 0.3 is 0 Å². The van der Waals surface area contributed by atoms with Gasteiger partial charge in [-0.1, -0.05) is 49.6 Å². The summed E-state index contributed by atoms with van der Waals surface area (Å²) in [6.45, 7) is 2.91. The monoisotopic (exact) mass is 489 g/mol. The van der Waals surface area contributed by atoms with E-state index in [1.54, 1.807) is 36.5 Å². The van der Waals surface area contributed by atoms with Gasteiger partial charge in [-0.25, -0.2) is 14.4 Å². The van der Waals surface area contributed by atoms with Crippen LogP contribution in [0.5, 0.6) is 0 Å². The van der Waals surface area contributed by atoms with E-state index < -0.39 is 11.9 Å². The molecule has 4 aromatic rings. The van der Waals surface area contributed by atoms with E-state index in [2.05, 4.69) is 21.9 Å². The van der Waals surface area contributed by atoms with Crippen LogP contribution in [0.25, 0.3) is 22.3 Å². The fourth-order valence-electron chi connectivity index (χ4n) is 5.03. The maximum absolute atomic E-state index is 14.7. The van der Waals surface area contributed by atoms with Crippen LogP contribution in [0.3, 0.4) is 0 Å². The summed E-state index contributed by atoms with van der Waals surface area (Å²) in [5.74, 6) is 0.620. The second-order valence-corrected chi connectivity index (χ2v) is 9.80. The normalized spacial score (nSPS) is 18.9. The van der Waals surface area contributed by atoms with Gasteiger partial charge in [-0.15, -0.1) is 0 Å². The van der Waals surface area contributed by atoms with E-state index >= 15 is 0 Å². The lowest BCUT2D eigenvalue weighted by molar-refractivity contribution is 0.198. The summed E-state index contributed by atoms with van der Waals surface area (Å²) in [4.78, 5) is 13.1. The number of hydrogen-bond donors (Lipinski definition) is 1. The highest BCUT2D eigenvalue weighted by Crippen LogP contribution is 2.37. The van der Waals surface area contributed by atoms with Crippen LogP contribution < -0.4 is 0 Å². The molecule has 178 valence electrons. The Morgan fingerprint density at radius 1 is 1.17 bits per heavy atom. The van der Waals surface area contributed by atoms with Crippen molar-refractivity contribution in [3.05, 3.63) is 76.7 Å². The molecule has 35 heavy (non-hydrogen) atoms. The van der Waals surface area contributed by atoms with Crippen LogP contribution in [0.2, 0.25) is 5.02 Å². The molecule has 6 nitrogen and oxygen atoms in total.